The number of methoxy groups -OCH3 is 2. The molecular weight excluding hydrogens is 438 g/mol. The van der Waals surface area contributed by atoms with Crippen molar-refractivity contribution in [1.29, 1.82) is 0 Å². The second kappa shape index (κ2) is 9.19. The van der Waals surface area contributed by atoms with Crippen molar-refractivity contribution < 1.29 is 27.8 Å². The summed E-state index contributed by atoms with van der Waals surface area (Å²) in [5, 5.41) is 3.32. The molecule has 0 radical (unpaired) electrons. The predicted octanol–water partition coefficient (Wildman–Crippen LogP) is 3.41. The van der Waals surface area contributed by atoms with Crippen molar-refractivity contribution in [3.05, 3.63) is 29.3 Å². The van der Waals surface area contributed by atoms with Crippen molar-refractivity contribution in [2.24, 2.45) is 5.41 Å². The maximum absolute atomic E-state index is 13.8. The zero-order valence-electron chi connectivity index (χ0n) is 18.5. The molecular formula is C23H30F2N2O4S. The lowest BCUT2D eigenvalue weighted by Gasteiger charge is -2.46. The van der Waals surface area contributed by atoms with E-state index >= 15 is 0 Å². The number of nitrogens with zero attached hydrogens (tertiary/aromatic N) is 1. The molecule has 1 unspecified atom stereocenters. The Bertz CT molecular complexity index is 876. The number of rotatable bonds is 8. The number of fused-ring (bicyclic) bond motifs is 3. The average Bonchev–Trinajstić information content (AvgIpc) is 3.18. The van der Waals surface area contributed by atoms with E-state index in [-0.39, 0.29) is 17.1 Å². The van der Waals surface area contributed by atoms with Gasteiger partial charge in [0.1, 0.15) is 5.75 Å². The molecule has 3 aliphatic rings. The van der Waals surface area contributed by atoms with Gasteiger partial charge in [-0.1, -0.05) is 6.07 Å². The number of benzene rings is 1. The standard InChI is InChI=1S/C23H30F2N2O4S/c1-29-10-3-11-31-17-5-4-15-13-22(8-6-16(30-2)7-9-22)23(18(15)12-17)20(28)27(14-19(24)25)21(32)26-23/h4-5,12,16,19H,3,6-11,13-14H2,1-2H3,(H,26,32)/t16-,22-,23?. The van der Waals surface area contributed by atoms with Crippen molar-refractivity contribution in [3.63, 3.8) is 0 Å². The molecule has 1 atom stereocenters. The third-order valence-electron chi connectivity index (χ3n) is 7.22. The minimum absolute atomic E-state index is 0.0720. The van der Waals surface area contributed by atoms with Crippen LogP contribution in [0, 0.1) is 5.41 Å². The van der Waals surface area contributed by atoms with Crippen LogP contribution < -0.4 is 10.1 Å². The number of hydrogen-bond donors (Lipinski definition) is 1. The second-order valence-corrected chi connectivity index (χ2v) is 9.28. The molecule has 1 aliphatic heterocycles. The smallest absolute Gasteiger partial charge is 0.259 e. The largest absolute Gasteiger partial charge is 0.493 e. The lowest BCUT2D eigenvalue weighted by Crippen LogP contribution is -2.56. The van der Waals surface area contributed by atoms with Crippen LogP contribution in [-0.4, -0.2) is 62.4 Å². The molecule has 1 aromatic rings. The van der Waals surface area contributed by atoms with Gasteiger partial charge in [-0.3, -0.25) is 9.69 Å². The van der Waals surface area contributed by atoms with Crippen LogP contribution in [0.5, 0.6) is 5.75 Å². The number of thiocarbonyl (C=S) groups is 1. The molecule has 1 saturated carbocycles. The maximum atomic E-state index is 13.8. The van der Waals surface area contributed by atoms with E-state index in [1.54, 1.807) is 14.2 Å². The molecule has 1 aromatic carbocycles. The maximum Gasteiger partial charge on any atom is 0.259 e. The van der Waals surface area contributed by atoms with Crippen LogP contribution in [0.4, 0.5) is 8.78 Å². The Morgan fingerprint density at radius 2 is 2.00 bits per heavy atom. The fraction of sp³-hybridized carbons (Fsp3) is 0.652. The van der Waals surface area contributed by atoms with E-state index in [0.717, 1.165) is 48.1 Å². The minimum Gasteiger partial charge on any atom is -0.493 e. The van der Waals surface area contributed by atoms with Crippen molar-refractivity contribution in [1.82, 2.24) is 10.2 Å². The Morgan fingerprint density at radius 3 is 2.66 bits per heavy atom. The van der Waals surface area contributed by atoms with Crippen LogP contribution in [0.2, 0.25) is 0 Å². The van der Waals surface area contributed by atoms with E-state index in [1.807, 2.05) is 18.2 Å². The zero-order chi connectivity index (χ0) is 22.9. The third kappa shape index (κ3) is 3.78. The Hall–Kier alpha value is -1.84. The molecule has 6 nitrogen and oxygen atoms in total. The van der Waals surface area contributed by atoms with E-state index in [4.69, 9.17) is 26.4 Å². The summed E-state index contributed by atoms with van der Waals surface area (Å²) in [5.74, 6) is 0.267. The zero-order valence-corrected chi connectivity index (χ0v) is 19.3. The van der Waals surface area contributed by atoms with Crippen molar-refractivity contribution in [3.8, 4) is 5.75 Å². The highest BCUT2D eigenvalue weighted by Gasteiger charge is 2.67. The fourth-order valence-corrected chi connectivity index (χ4v) is 5.99. The lowest BCUT2D eigenvalue weighted by molar-refractivity contribution is -0.139. The highest BCUT2D eigenvalue weighted by atomic mass is 32.1. The summed E-state index contributed by atoms with van der Waals surface area (Å²) in [6.45, 7) is 0.374. The molecule has 1 amide bonds. The number of amides is 1. The van der Waals surface area contributed by atoms with Crippen molar-refractivity contribution in [2.45, 2.75) is 56.6 Å². The molecule has 32 heavy (non-hydrogen) atoms. The van der Waals surface area contributed by atoms with E-state index in [1.165, 1.54) is 0 Å². The van der Waals surface area contributed by atoms with Crippen LogP contribution in [0.1, 0.15) is 43.2 Å². The summed E-state index contributed by atoms with van der Waals surface area (Å²) in [4.78, 5) is 14.9. The van der Waals surface area contributed by atoms with Crippen LogP contribution in [-0.2, 0) is 26.2 Å². The monoisotopic (exact) mass is 468 g/mol. The summed E-state index contributed by atoms with van der Waals surface area (Å²) >= 11 is 5.40. The van der Waals surface area contributed by atoms with Crippen LogP contribution in [0.3, 0.4) is 0 Å². The Morgan fingerprint density at radius 1 is 1.25 bits per heavy atom. The van der Waals surface area contributed by atoms with Gasteiger partial charge in [-0.2, -0.15) is 0 Å². The molecule has 1 heterocycles. The number of halogens is 2. The first kappa shape index (κ1) is 23.3. The average molecular weight is 469 g/mol. The van der Waals surface area contributed by atoms with Gasteiger partial charge in [-0.05, 0) is 67.6 Å². The number of carbonyl (C=O) groups excluding carboxylic acids is 1. The van der Waals surface area contributed by atoms with E-state index in [9.17, 15) is 13.6 Å². The molecule has 0 aromatic heterocycles. The first-order valence-corrected chi connectivity index (χ1v) is 11.5. The molecule has 2 fully saturated rings. The van der Waals surface area contributed by atoms with Crippen LogP contribution in [0.15, 0.2) is 18.2 Å². The first-order chi connectivity index (χ1) is 15.4. The van der Waals surface area contributed by atoms with Gasteiger partial charge in [0, 0.05) is 32.7 Å². The molecule has 1 N–H and O–H groups in total. The van der Waals surface area contributed by atoms with Crippen molar-refractivity contribution in [2.75, 3.05) is 34.0 Å². The number of nitrogens with one attached hydrogen (secondary N) is 1. The lowest BCUT2D eigenvalue weighted by atomic mass is 9.61. The first-order valence-electron chi connectivity index (χ1n) is 11.1. The van der Waals surface area contributed by atoms with E-state index in [0.29, 0.717) is 25.4 Å². The van der Waals surface area contributed by atoms with Gasteiger partial charge in [0.15, 0.2) is 10.7 Å². The summed E-state index contributed by atoms with van der Waals surface area (Å²) in [5.41, 5.74) is 0.227. The second-order valence-electron chi connectivity index (χ2n) is 8.89. The van der Waals surface area contributed by atoms with Crippen molar-refractivity contribution >= 4 is 23.2 Å². The Balaban J connectivity index is 1.72. The van der Waals surface area contributed by atoms with Gasteiger partial charge in [0.2, 0.25) is 0 Å². The van der Waals surface area contributed by atoms with Crippen LogP contribution in [0.25, 0.3) is 0 Å². The number of ether oxygens (including phenoxy) is 3. The fourth-order valence-electron chi connectivity index (χ4n) is 5.68. The quantitative estimate of drug-likeness (QED) is 0.466. The molecule has 2 aliphatic carbocycles. The molecule has 9 heteroatoms. The molecule has 0 bridgehead atoms. The van der Waals surface area contributed by atoms with Gasteiger partial charge in [0.25, 0.3) is 12.3 Å². The van der Waals surface area contributed by atoms with Gasteiger partial charge in [-0.25, -0.2) is 8.78 Å². The van der Waals surface area contributed by atoms with E-state index < -0.39 is 23.9 Å². The van der Waals surface area contributed by atoms with Crippen LogP contribution >= 0.6 is 12.2 Å². The third-order valence-corrected chi connectivity index (χ3v) is 7.54. The Kier molecular flexibility index (Phi) is 6.70. The Labute approximate surface area is 192 Å². The van der Waals surface area contributed by atoms with Gasteiger partial charge in [-0.15, -0.1) is 0 Å². The highest BCUT2D eigenvalue weighted by Crippen LogP contribution is 2.60. The summed E-state index contributed by atoms with van der Waals surface area (Å²) in [6, 6.07) is 5.79. The normalized spacial score (nSPS) is 29.3. The van der Waals surface area contributed by atoms with Gasteiger partial charge >= 0.3 is 0 Å². The molecule has 2 spiro atoms. The number of alkyl halides is 2. The van der Waals surface area contributed by atoms with E-state index in [2.05, 4.69) is 5.32 Å². The topological polar surface area (TPSA) is 60.0 Å². The number of hydrogen-bond acceptors (Lipinski definition) is 5. The summed E-state index contributed by atoms with van der Waals surface area (Å²) in [7, 11) is 3.34. The van der Waals surface area contributed by atoms with Gasteiger partial charge in [0.05, 0.1) is 19.3 Å². The summed E-state index contributed by atoms with van der Waals surface area (Å²) in [6.07, 6.45) is 2.01. The molecule has 4 rings (SSSR count). The molecule has 176 valence electrons. The summed E-state index contributed by atoms with van der Waals surface area (Å²) < 4.78 is 43.1. The SMILES string of the molecule is COCCCOc1ccc2c(c1)C1(NC(=S)N(CC(F)F)C1=O)[C@]1(CC[C@H](OC)CC1)C2. The molecule has 1 saturated heterocycles. The minimum atomic E-state index is -2.66. The highest BCUT2D eigenvalue weighted by molar-refractivity contribution is 7.80. The predicted molar refractivity (Wildman–Crippen MR) is 119 cm³/mol. The van der Waals surface area contributed by atoms with Gasteiger partial charge < -0.3 is 19.5 Å². The number of carbonyl (C=O) groups is 1.